The molecule has 140 valence electrons. The van der Waals surface area contributed by atoms with Crippen LogP contribution < -0.4 is 5.32 Å². The van der Waals surface area contributed by atoms with E-state index in [0.717, 1.165) is 23.9 Å². The second-order valence-corrected chi connectivity index (χ2v) is 8.53. The van der Waals surface area contributed by atoms with Crippen molar-refractivity contribution in [2.45, 2.75) is 38.4 Å². The fraction of sp³-hybridized carbons (Fsp3) is 0.500. The lowest BCUT2D eigenvalue weighted by atomic mass is 9.99. The van der Waals surface area contributed by atoms with Crippen LogP contribution in [-0.2, 0) is 5.54 Å². The van der Waals surface area contributed by atoms with Gasteiger partial charge in [-0.2, -0.15) is 0 Å². The number of likely N-dealkylation sites (N-methyl/N-ethyl adjacent to an activating group) is 1. The minimum Gasteiger partial charge on any atom is -0.352 e. The smallest absolute Gasteiger partial charge is 0.170 e. The van der Waals surface area contributed by atoms with E-state index in [1.54, 1.807) is 0 Å². The van der Waals surface area contributed by atoms with Crippen molar-refractivity contribution >= 4 is 17.3 Å². The molecular formula is C20H29N5S. The molecule has 2 aromatic heterocycles. The quantitative estimate of drug-likeness (QED) is 0.817. The minimum absolute atomic E-state index is 0.0553. The zero-order chi connectivity index (χ0) is 18.9. The van der Waals surface area contributed by atoms with Gasteiger partial charge in [-0.1, -0.05) is 6.07 Å². The number of rotatable bonds is 5. The highest BCUT2D eigenvalue weighted by molar-refractivity contribution is 7.80. The molecule has 0 amide bonds. The maximum atomic E-state index is 5.69. The SMILES string of the molecule is CN(C)CCN1C(=S)N[C@@H](c2ccccn2)[C@@H]1c1ccn(C(C)(C)C)c1. The van der Waals surface area contributed by atoms with E-state index in [0.29, 0.717) is 0 Å². The third-order valence-electron chi connectivity index (χ3n) is 4.82. The first kappa shape index (κ1) is 18.9. The number of aromatic nitrogens is 2. The highest BCUT2D eigenvalue weighted by Gasteiger charge is 2.40. The molecule has 3 heterocycles. The summed E-state index contributed by atoms with van der Waals surface area (Å²) in [5.41, 5.74) is 2.34. The van der Waals surface area contributed by atoms with E-state index in [1.165, 1.54) is 5.56 Å². The van der Waals surface area contributed by atoms with Gasteiger partial charge in [-0.25, -0.2) is 0 Å². The zero-order valence-electron chi connectivity index (χ0n) is 16.3. The lowest BCUT2D eigenvalue weighted by Gasteiger charge is -2.28. The largest absolute Gasteiger partial charge is 0.352 e. The molecule has 5 nitrogen and oxygen atoms in total. The Labute approximate surface area is 162 Å². The minimum atomic E-state index is 0.0553. The summed E-state index contributed by atoms with van der Waals surface area (Å²) in [6.07, 6.45) is 6.26. The normalized spacial score (nSPS) is 20.7. The molecular weight excluding hydrogens is 342 g/mol. The molecule has 1 saturated heterocycles. The van der Waals surface area contributed by atoms with Crippen molar-refractivity contribution in [1.29, 1.82) is 0 Å². The van der Waals surface area contributed by atoms with E-state index in [1.807, 2.05) is 18.3 Å². The van der Waals surface area contributed by atoms with Gasteiger partial charge in [-0.3, -0.25) is 4.98 Å². The number of nitrogens with one attached hydrogen (secondary N) is 1. The monoisotopic (exact) mass is 371 g/mol. The highest BCUT2D eigenvalue weighted by atomic mass is 32.1. The molecule has 0 saturated carbocycles. The molecule has 1 aliphatic rings. The Morgan fingerprint density at radius 1 is 1.23 bits per heavy atom. The maximum Gasteiger partial charge on any atom is 0.170 e. The molecule has 3 rings (SSSR count). The van der Waals surface area contributed by atoms with Gasteiger partial charge in [0.05, 0.1) is 17.8 Å². The van der Waals surface area contributed by atoms with E-state index in [2.05, 4.69) is 84.1 Å². The Hall–Kier alpha value is -1.92. The van der Waals surface area contributed by atoms with Crippen molar-refractivity contribution in [2.24, 2.45) is 0 Å². The van der Waals surface area contributed by atoms with E-state index >= 15 is 0 Å². The highest BCUT2D eigenvalue weighted by Crippen LogP contribution is 2.38. The fourth-order valence-corrected chi connectivity index (χ4v) is 3.65. The Morgan fingerprint density at radius 3 is 2.58 bits per heavy atom. The lowest BCUT2D eigenvalue weighted by Crippen LogP contribution is -2.35. The van der Waals surface area contributed by atoms with Crippen molar-refractivity contribution in [3.8, 4) is 0 Å². The van der Waals surface area contributed by atoms with Gasteiger partial charge in [0.2, 0.25) is 0 Å². The summed E-state index contributed by atoms with van der Waals surface area (Å²) in [6.45, 7) is 8.48. The predicted octanol–water partition coefficient (Wildman–Crippen LogP) is 3.17. The van der Waals surface area contributed by atoms with Gasteiger partial charge in [0, 0.05) is 37.2 Å². The first-order valence-electron chi connectivity index (χ1n) is 9.08. The zero-order valence-corrected chi connectivity index (χ0v) is 17.1. The van der Waals surface area contributed by atoms with E-state index in [4.69, 9.17) is 12.2 Å². The number of thiocarbonyl (C=S) groups is 1. The number of hydrogen-bond acceptors (Lipinski definition) is 3. The fourth-order valence-electron chi connectivity index (χ4n) is 3.32. The first-order chi connectivity index (χ1) is 12.3. The van der Waals surface area contributed by atoms with E-state index < -0.39 is 0 Å². The molecule has 1 N–H and O–H groups in total. The molecule has 1 fully saturated rings. The molecule has 26 heavy (non-hydrogen) atoms. The Morgan fingerprint density at radius 2 is 2.00 bits per heavy atom. The summed E-state index contributed by atoms with van der Waals surface area (Å²) in [7, 11) is 4.18. The number of hydrogen-bond donors (Lipinski definition) is 1. The Balaban J connectivity index is 1.97. The van der Waals surface area contributed by atoms with Gasteiger partial charge in [-0.05, 0) is 70.8 Å². The number of nitrogens with zero attached hydrogens (tertiary/aromatic N) is 4. The second-order valence-electron chi connectivity index (χ2n) is 8.15. The van der Waals surface area contributed by atoms with Crippen LogP contribution in [0.5, 0.6) is 0 Å². The summed E-state index contributed by atoms with van der Waals surface area (Å²) in [5, 5.41) is 4.31. The molecule has 0 unspecified atom stereocenters. The lowest BCUT2D eigenvalue weighted by molar-refractivity contribution is 0.277. The maximum absolute atomic E-state index is 5.69. The molecule has 6 heteroatoms. The van der Waals surface area contributed by atoms with Crippen molar-refractivity contribution in [1.82, 2.24) is 24.7 Å². The van der Waals surface area contributed by atoms with Crippen LogP contribution in [0.1, 0.15) is 44.1 Å². The summed E-state index contributed by atoms with van der Waals surface area (Å²) >= 11 is 5.69. The molecule has 0 spiro atoms. The topological polar surface area (TPSA) is 36.3 Å². The molecule has 0 bridgehead atoms. The molecule has 1 aliphatic heterocycles. The number of pyridine rings is 1. The van der Waals surface area contributed by atoms with Crippen molar-refractivity contribution in [3.05, 3.63) is 54.1 Å². The van der Waals surface area contributed by atoms with Gasteiger partial charge < -0.3 is 19.7 Å². The summed E-state index contributed by atoms with van der Waals surface area (Å²) in [4.78, 5) is 9.08. The van der Waals surface area contributed by atoms with Crippen LogP contribution in [0.4, 0.5) is 0 Å². The molecule has 0 radical (unpaired) electrons. The molecule has 2 atom stereocenters. The van der Waals surface area contributed by atoms with Crippen LogP contribution in [0.25, 0.3) is 0 Å². The average Bonchev–Trinajstić information content (AvgIpc) is 3.18. The molecule has 2 aromatic rings. The summed E-state index contributed by atoms with van der Waals surface area (Å²) < 4.78 is 2.27. The molecule has 0 aliphatic carbocycles. The summed E-state index contributed by atoms with van der Waals surface area (Å²) in [6, 6.07) is 8.47. The Bertz CT molecular complexity index is 747. The Kier molecular flexibility index (Phi) is 5.34. The van der Waals surface area contributed by atoms with Crippen LogP contribution >= 0.6 is 12.2 Å². The van der Waals surface area contributed by atoms with Crippen LogP contribution in [0.15, 0.2) is 42.9 Å². The summed E-state index contributed by atoms with van der Waals surface area (Å²) in [5.74, 6) is 0. The van der Waals surface area contributed by atoms with Gasteiger partial charge in [0.15, 0.2) is 5.11 Å². The van der Waals surface area contributed by atoms with Crippen LogP contribution in [0.3, 0.4) is 0 Å². The van der Waals surface area contributed by atoms with Gasteiger partial charge >= 0.3 is 0 Å². The van der Waals surface area contributed by atoms with Crippen molar-refractivity contribution in [3.63, 3.8) is 0 Å². The van der Waals surface area contributed by atoms with Gasteiger partial charge in [0.1, 0.15) is 0 Å². The third-order valence-corrected chi connectivity index (χ3v) is 5.17. The van der Waals surface area contributed by atoms with Gasteiger partial charge in [0.25, 0.3) is 0 Å². The van der Waals surface area contributed by atoms with Crippen LogP contribution in [0, 0.1) is 0 Å². The van der Waals surface area contributed by atoms with Gasteiger partial charge in [-0.15, -0.1) is 0 Å². The van der Waals surface area contributed by atoms with E-state index in [9.17, 15) is 0 Å². The average molecular weight is 372 g/mol. The first-order valence-corrected chi connectivity index (χ1v) is 9.49. The van der Waals surface area contributed by atoms with Crippen LogP contribution in [-0.4, -0.2) is 51.6 Å². The van der Waals surface area contributed by atoms with Crippen LogP contribution in [0.2, 0.25) is 0 Å². The molecule has 0 aromatic carbocycles. The second kappa shape index (κ2) is 7.37. The van der Waals surface area contributed by atoms with Crippen molar-refractivity contribution < 1.29 is 0 Å². The third kappa shape index (κ3) is 3.91. The predicted molar refractivity (Wildman–Crippen MR) is 110 cm³/mol. The standard InChI is InChI=1S/C20H29N5S/c1-20(2,3)24-11-9-15(14-24)18-17(16-8-6-7-10-21-16)22-19(26)25(18)13-12-23(4)5/h6-11,14,17-18H,12-13H2,1-5H3,(H,22,26)/t17-,18-/m0/s1. The van der Waals surface area contributed by atoms with Crippen molar-refractivity contribution in [2.75, 3.05) is 27.2 Å². The van der Waals surface area contributed by atoms with E-state index in [-0.39, 0.29) is 17.6 Å².